The van der Waals surface area contributed by atoms with Crippen molar-refractivity contribution in [1.82, 2.24) is 19.8 Å². The van der Waals surface area contributed by atoms with Gasteiger partial charge in [-0.15, -0.1) is 0 Å². The number of fused-ring (bicyclic) bond motifs is 3. The van der Waals surface area contributed by atoms with E-state index in [1.807, 2.05) is 29.2 Å². The first-order valence-electron chi connectivity index (χ1n) is 13.0. The fourth-order valence-electron chi connectivity index (χ4n) is 5.13. The molecule has 4 heterocycles. The van der Waals surface area contributed by atoms with Crippen molar-refractivity contribution >= 4 is 29.1 Å². The summed E-state index contributed by atoms with van der Waals surface area (Å²) in [7, 11) is 0. The fraction of sp³-hybridized carbons (Fsp3) is 0.538. The van der Waals surface area contributed by atoms with Crippen LogP contribution in [0.15, 0.2) is 24.3 Å². The second-order valence-corrected chi connectivity index (χ2v) is 9.78. The molecule has 1 unspecified atom stereocenters. The predicted octanol–water partition coefficient (Wildman–Crippen LogP) is 2.51. The van der Waals surface area contributed by atoms with Gasteiger partial charge in [0.2, 0.25) is 5.91 Å². The third-order valence-corrected chi connectivity index (χ3v) is 7.14. The number of nitrogens with zero attached hydrogens (tertiary/aromatic N) is 5. The van der Waals surface area contributed by atoms with E-state index in [0.717, 1.165) is 32.5 Å². The highest BCUT2D eigenvalue weighted by Gasteiger charge is 2.39. The average molecular weight is 494 g/mol. The van der Waals surface area contributed by atoms with Crippen LogP contribution < -0.4 is 20.7 Å². The largest absolute Gasteiger partial charge is 0.463 e. The molecule has 0 radical (unpaired) electrons. The van der Waals surface area contributed by atoms with Crippen LogP contribution >= 0.6 is 0 Å². The molecule has 0 spiro atoms. The van der Waals surface area contributed by atoms with Crippen molar-refractivity contribution in [2.75, 3.05) is 55.3 Å². The monoisotopic (exact) mass is 493 g/mol. The van der Waals surface area contributed by atoms with E-state index in [2.05, 4.69) is 27.1 Å². The van der Waals surface area contributed by atoms with Gasteiger partial charge in [0.05, 0.1) is 13.2 Å². The van der Waals surface area contributed by atoms with Crippen LogP contribution in [0.1, 0.15) is 54.9 Å². The Morgan fingerprint density at radius 1 is 1.11 bits per heavy atom. The Bertz CT molecular complexity index is 1100. The molecule has 2 amide bonds. The van der Waals surface area contributed by atoms with Crippen molar-refractivity contribution in [3.63, 3.8) is 0 Å². The fourth-order valence-corrected chi connectivity index (χ4v) is 5.13. The summed E-state index contributed by atoms with van der Waals surface area (Å²) in [4.78, 5) is 41.4. The number of benzene rings is 1. The molecule has 192 valence electrons. The quantitative estimate of drug-likeness (QED) is 0.565. The van der Waals surface area contributed by atoms with E-state index in [1.165, 1.54) is 18.4 Å². The Hall–Kier alpha value is -3.40. The minimum absolute atomic E-state index is 0.0611. The number of anilines is 3. The van der Waals surface area contributed by atoms with E-state index in [4.69, 9.17) is 10.5 Å². The Kier molecular flexibility index (Phi) is 7.22. The highest BCUT2D eigenvalue weighted by atomic mass is 16.5. The van der Waals surface area contributed by atoms with Crippen molar-refractivity contribution in [2.24, 2.45) is 0 Å². The number of hydrogen-bond donors (Lipinski definition) is 2. The number of nitrogens with two attached hydrogens (primary N) is 1. The smallest absolute Gasteiger partial charge is 0.320 e. The first kappa shape index (κ1) is 24.3. The summed E-state index contributed by atoms with van der Waals surface area (Å²) in [5.74, 6) is 0.468. The number of carbonyl (C=O) groups is 2. The molecule has 1 atom stereocenters. The van der Waals surface area contributed by atoms with E-state index in [-0.39, 0.29) is 30.2 Å². The van der Waals surface area contributed by atoms with Crippen LogP contribution in [0.25, 0.3) is 0 Å². The van der Waals surface area contributed by atoms with Gasteiger partial charge in [-0.2, -0.15) is 9.97 Å². The van der Waals surface area contributed by atoms with Gasteiger partial charge in [-0.1, -0.05) is 25.5 Å². The van der Waals surface area contributed by atoms with Gasteiger partial charge in [-0.25, -0.2) is 0 Å². The van der Waals surface area contributed by atoms with Crippen LogP contribution in [0.4, 0.5) is 17.3 Å². The molecule has 0 aliphatic carbocycles. The van der Waals surface area contributed by atoms with E-state index in [0.29, 0.717) is 43.2 Å². The Balaban J connectivity index is 1.31. The molecule has 10 heteroatoms. The molecule has 3 N–H and O–H groups in total. The highest BCUT2D eigenvalue weighted by molar-refractivity contribution is 6.06. The average Bonchev–Trinajstić information content (AvgIpc) is 3.28. The minimum Gasteiger partial charge on any atom is -0.463 e. The number of rotatable bonds is 7. The van der Waals surface area contributed by atoms with Crippen LogP contribution in [0.2, 0.25) is 0 Å². The molecule has 2 fully saturated rings. The number of nitrogens with one attached hydrogen (secondary N) is 1. The first-order valence-corrected chi connectivity index (χ1v) is 13.0. The Morgan fingerprint density at radius 3 is 2.64 bits per heavy atom. The number of ether oxygens (including phenoxy) is 1. The summed E-state index contributed by atoms with van der Waals surface area (Å²) < 4.78 is 5.69. The van der Waals surface area contributed by atoms with Gasteiger partial charge >= 0.3 is 6.01 Å². The third kappa shape index (κ3) is 5.09. The lowest BCUT2D eigenvalue weighted by Crippen LogP contribution is -2.53. The summed E-state index contributed by atoms with van der Waals surface area (Å²) in [6.07, 6.45) is 5.11. The number of hydrogen-bond acceptors (Lipinski definition) is 8. The Morgan fingerprint density at radius 2 is 1.89 bits per heavy atom. The standard InChI is InChI=1S/C26H35N7O3/c1-2-3-15-36-26-29-22(27)21-23(30-26)33-14-6-13-32(17-20(33)24(34)28-21)25(35)19-9-7-18(8-10-19)16-31-11-4-5-12-31/h7-10,20H,2-6,11-17H2,1H3,(H,28,34)(H2,27,29,30). The zero-order chi connectivity index (χ0) is 25.1. The molecule has 2 saturated heterocycles. The third-order valence-electron chi connectivity index (χ3n) is 7.14. The maximum Gasteiger partial charge on any atom is 0.320 e. The summed E-state index contributed by atoms with van der Waals surface area (Å²) in [5.41, 5.74) is 8.41. The molecule has 0 bridgehead atoms. The Labute approximate surface area is 211 Å². The maximum absolute atomic E-state index is 13.4. The SMILES string of the molecule is CCCCOc1nc(N)c2c(n1)N1CCCN(C(=O)c3ccc(CN4CCCC4)cc3)CC1C(=O)N2. The van der Waals surface area contributed by atoms with Crippen molar-refractivity contribution in [2.45, 2.75) is 51.6 Å². The molecule has 10 nitrogen and oxygen atoms in total. The number of amides is 2. The van der Waals surface area contributed by atoms with Gasteiger partial charge in [-0.05, 0) is 56.5 Å². The molecule has 36 heavy (non-hydrogen) atoms. The molecule has 5 rings (SSSR count). The van der Waals surface area contributed by atoms with E-state index in [9.17, 15) is 9.59 Å². The van der Waals surface area contributed by atoms with Crippen LogP contribution in [0.5, 0.6) is 6.01 Å². The number of likely N-dealkylation sites (tertiary alicyclic amines) is 1. The molecular formula is C26H35N7O3. The molecule has 3 aliphatic heterocycles. The van der Waals surface area contributed by atoms with Crippen LogP contribution in [-0.4, -0.2) is 77.0 Å². The summed E-state index contributed by atoms with van der Waals surface area (Å²) in [5, 5.41) is 2.86. The van der Waals surface area contributed by atoms with E-state index >= 15 is 0 Å². The lowest BCUT2D eigenvalue weighted by Gasteiger charge is -2.36. The number of unbranched alkanes of at least 4 members (excludes halogenated alkanes) is 1. The zero-order valence-electron chi connectivity index (χ0n) is 20.9. The number of nitrogen functional groups attached to an aromatic ring is 1. The van der Waals surface area contributed by atoms with Gasteiger partial charge in [0.1, 0.15) is 11.7 Å². The zero-order valence-corrected chi connectivity index (χ0v) is 20.9. The van der Waals surface area contributed by atoms with Gasteiger partial charge in [0.15, 0.2) is 11.6 Å². The van der Waals surface area contributed by atoms with Crippen LogP contribution in [0.3, 0.4) is 0 Å². The van der Waals surface area contributed by atoms with Gasteiger partial charge < -0.3 is 25.6 Å². The van der Waals surface area contributed by atoms with Crippen molar-refractivity contribution < 1.29 is 14.3 Å². The van der Waals surface area contributed by atoms with Gasteiger partial charge in [-0.3, -0.25) is 14.5 Å². The summed E-state index contributed by atoms with van der Waals surface area (Å²) in [6.45, 7) is 7.20. The predicted molar refractivity (Wildman–Crippen MR) is 138 cm³/mol. The normalized spacial score (nSPS) is 19.9. The lowest BCUT2D eigenvalue weighted by molar-refractivity contribution is -0.117. The van der Waals surface area contributed by atoms with Crippen LogP contribution in [-0.2, 0) is 11.3 Å². The van der Waals surface area contributed by atoms with Crippen molar-refractivity contribution in [3.05, 3.63) is 35.4 Å². The topological polar surface area (TPSA) is 117 Å². The number of carbonyl (C=O) groups excluding carboxylic acids is 2. The highest BCUT2D eigenvalue weighted by Crippen LogP contribution is 2.36. The second-order valence-electron chi connectivity index (χ2n) is 9.78. The van der Waals surface area contributed by atoms with E-state index in [1.54, 1.807) is 4.90 Å². The molecule has 2 aromatic rings. The van der Waals surface area contributed by atoms with E-state index < -0.39 is 6.04 Å². The van der Waals surface area contributed by atoms with Crippen LogP contribution in [0, 0.1) is 0 Å². The molecular weight excluding hydrogens is 458 g/mol. The number of aromatic nitrogens is 2. The maximum atomic E-state index is 13.4. The molecule has 1 aromatic heterocycles. The van der Waals surface area contributed by atoms with Gasteiger partial charge in [0, 0.05) is 25.2 Å². The molecule has 3 aliphatic rings. The minimum atomic E-state index is -0.559. The van der Waals surface area contributed by atoms with Gasteiger partial charge in [0.25, 0.3) is 5.91 Å². The second kappa shape index (κ2) is 10.7. The molecule has 0 saturated carbocycles. The summed E-state index contributed by atoms with van der Waals surface area (Å²) >= 11 is 0. The van der Waals surface area contributed by atoms with Crippen molar-refractivity contribution in [3.8, 4) is 6.01 Å². The molecule has 1 aromatic carbocycles. The lowest BCUT2D eigenvalue weighted by atomic mass is 10.1. The summed E-state index contributed by atoms with van der Waals surface area (Å²) in [6, 6.07) is 7.54. The first-order chi connectivity index (χ1) is 17.5. The van der Waals surface area contributed by atoms with Crippen molar-refractivity contribution in [1.29, 1.82) is 0 Å².